The monoisotopic (exact) mass is 335 g/mol. The van der Waals surface area contributed by atoms with Gasteiger partial charge >= 0.3 is 0 Å². The minimum Gasteiger partial charge on any atom is -0.273 e. The zero-order valence-corrected chi connectivity index (χ0v) is 13.7. The van der Waals surface area contributed by atoms with Crippen molar-refractivity contribution in [1.29, 1.82) is 0 Å². The van der Waals surface area contributed by atoms with E-state index in [0.717, 1.165) is 17.0 Å². The molecular weight excluding hydrogens is 322 g/mol. The molecule has 3 rings (SSSR count). The molecule has 22 heavy (non-hydrogen) atoms. The number of nitrogens with zero attached hydrogens (tertiary/aromatic N) is 3. The number of hydrogen-bond acceptors (Lipinski definition) is 4. The van der Waals surface area contributed by atoms with E-state index in [9.17, 15) is 9.00 Å². The predicted octanol–water partition coefficient (Wildman–Crippen LogP) is 2.54. The van der Waals surface area contributed by atoms with Crippen LogP contribution in [0.1, 0.15) is 22.3 Å². The molecule has 1 aliphatic rings. The van der Waals surface area contributed by atoms with Crippen LogP contribution in [0.15, 0.2) is 30.3 Å². The summed E-state index contributed by atoms with van der Waals surface area (Å²) in [5, 5.41) is 0.0130. The van der Waals surface area contributed by atoms with Gasteiger partial charge in [-0.15, -0.1) is 0 Å². The number of anilines is 1. The Balaban J connectivity index is 2.08. The van der Waals surface area contributed by atoms with Crippen molar-refractivity contribution in [2.24, 2.45) is 0 Å². The van der Waals surface area contributed by atoms with Gasteiger partial charge in [-0.2, -0.15) is 0 Å². The molecule has 2 atom stereocenters. The lowest BCUT2D eigenvalue weighted by Crippen LogP contribution is -2.30. The molecule has 1 aliphatic heterocycles. The predicted molar refractivity (Wildman–Crippen MR) is 86.2 cm³/mol. The number of hydrogen-bond donors (Lipinski definition) is 0. The fraction of sp³-hybridized carbons (Fsp3) is 0.267. The Hall–Kier alpha value is -1.79. The number of benzene rings is 1. The highest BCUT2D eigenvalue weighted by molar-refractivity contribution is 7.86. The third-order valence-corrected chi connectivity index (χ3v) is 5.12. The highest BCUT2D eigenvalue weighted by Gasteiger charge is 2.41. The molecule has 114 valence electrons. The molecule has 1 saturated heterocycles. The fourth-order valence-corrected chi connectivity index (χ4v) is 4.05. The topological polar surface area (TPSA) is 63.2 Å². The molecule has 0 aliphatic carbocycles. The van der Waals surface area contributed by atoms with Gasteiger partial charge in [-0.3, -0.25) is 13.9 Å². The Bertz CT molecular complexity index is 744. The molecule has 1 fully saturated rings. The zero-order chi connectivity index (χ0) is 15.9. The first-order valence-corrected chi connectivity index (χ1v) is 8.48. The number of halogens is 1. The molecule has 1 aromatic heterocycles. The molecule has 2 heterocycles. The molecule has 2 unspecified atom stereocenters. The van der Waals surface area contributed by atoms with Crippen molar-refractivity contribution < 1.29 is 9.00 Å². The molecule has 7 heteroatoms. The first kappa shape index (κ1) is 15.1. The fourth-order valence-electron chi connectivity index (χ4n) is 2.48. The lowest BCUT2D eigenvalue weighted by Gasteiger charge is -2.22. The summed E-state index contributed by atoms with van der Waals surface area (Å²) in [6, 6.07) is 8.82. The molecule has 0 saturated carbocycles. The van der Waals surface area contributed by atoms with Crippen molar-refractivity contribution in [3.8, 4) is 0 Å². The van der Waals surface area contributed by atoms with E-state index in [1.165, 1.54) is 4.90 Å². The first-order chi connectivity index (χ1) is 10.5. The summed E-state index contributed by atoms with van der Waals surface area (Å²) in [7, 11) is -1.34. The van der Waals surface area contributed by atoms with Crippen LogP contribution >= 0.6 is 11.6 Å². The van der Waals surface area contributed by atoms with Gasteiger partial charge in [0.2, 0.25) is 11.9 Å². The average Bonchev–Trinajstić information content (AvgIpc) is 2.73. The summed E-state index contributed by atoms with van der Waals surface area (Å²) < 4.78 is 12.4. The van der Waals surface area contributed by atoms with Crippen LogP contribution in [-0.4, -0.2) is 25.8 Å². The van der Waals surface area contributed by atoms with Crippen molar-refractivity contribution in [2.45, 2.75) is 19.2 Å². The van der Waals surface area contributed by atoms with Crippen LogP contribution in [0.3, 0.4) is 0 Å². The van der Waals surface area contributed by atoms with E-state index in [-0.39, 0.29) is 11.7 Å². The zero-order valence-electron chi connectivity index (χ0n) is 12.1. The molecule has 0 N–H and O–H groups in total. The molecule has 1 amide bonds. The van der Waals surface area contributed by atoms with Crippen LogP contribution in [0.4, 0.5) is 5.95 Å². The van der Waals surface area contributed by atoms with E-state index in [1.807, 2.05) is 19.9 Å². The quantitative estimate of drug-likeness (QED) is 0.846. The highest BCUT2D eigenvalue weighted by atomic mass is 35.5. The summed E-state index contributed by atoms with van der Waals surface area (Å²) in [6.07, 6.45) is 0. The summed E-state index contributed by atoms with van der Waals surface area (Å²) in [6.45, 7) is 3.68. The van der Waals surface area contributed by atoms with Crippen LogP contribution in [0.5, 0.6) is 0 Å². The van der Waals surface area contributed by atoms with Gasteiger partial charge < -0.3 is 0 Å². The van der Waals surface area contributed by atoms with Gasteiger partial charge in [0, 0.05) is 16.4 Å². The highest BCUT2D eigenvalue weighted by Crippen LogP contribution is 2.34. The Kier molecular flexibility index (Phi) is 3.97. The van der Waals surface area contributed by atoms with Gasteiger partial charge in [0.15, 0.2) is 0 Å². The Morgan fingerprint density at radius 3 is 2.36 bits per heavy atom. The van der Waals surface area contributed by atoms with Crippen LogP contribution in [0, 0.1) is 13.8 Å². The van der Waals surface area contributed by atoms with Crippen LogP contribution < -0.4 is 4.90 Å². The van der Waals surface area contributed by atoms with Crippen molar-refractivity contribution >= 4 is 34.3 Å². The van der Waals surface area contributed by atoms with Crippen molar-refractivity contribution in [3.63, 3.8) is 0 Å². The summed E-state index contributed by atoms with van der Waals surface area (Å²) in [5.74, 6) is 0.0421. The average molecular weight is 336 g/mol. The Labute approximate surface area is 135 Å². The van der Waals surface area contributed by atoms with E-state index in [2.05, 4.69) is 9.97 Å². The smallest absolute Gasteiger partial charge is 0.243 e. The van der Waals surface area contributed by atoms with E-state index in [4.69, 9.17) is 11.6 Å². The number of aromatic nitrogens is 2. The number of carbonyl (C=O) groups excluding carboxylic acids is 1. The standard InChI is InChI=1S/C15H14ClN3O2S/c1-9-7-10(2)18-15(17-9)19-13(20)8-22(21)14(19)11-3-5-12(16)6-4-11/h3-7,14H,8H2,1-2H3. The van der Waals surface area contributed by atoms with Gasteiger partial charge in [-0.25, -0.2) is 9.97 Å². The third-order valence-electron chi connectivity index (χ3n) is 3.36. The van der Waals surface area contributed by atoms with E-state index < -0.39 is 16.2 Å². The van der Waals surface area contributed by atoms with Crippen LogP contribution in [0.2, 0.25) is 5.02 Å². The van der Waals surface area contributed by atoms with Crippen LogP contribution in [-0.2, 0) is 15.6 Å². The van der Waals surface area contributed by atoms with E-state index >= 15 is 0 Å². The minimum atomic E-state index is -1.34. The molecule has 0 spiro atoms. The molecular formula is C15H14ClN3O2S. The van der Waals surface area contributed by atoms with Gasteiger partial charge in [0.1, 0.15) is 11.1 Å². The van der Waals surface area contributed by atoms with Gasteiger partial charge in [0.05, 0.1) is 10.8 Å². The second-order valence-electron chi connectivity index (χ2n) is 5.14. The lowest BCUT2D eigenvalue weighted by atomic mass is 10.2. The normalized spacial score (nSPS) is 21.4. The third kappa shape index (κ3) is 2.76. The lowest BCUT2D eigenvalue weighted by molar-refractivity contribution is -0.115. The summed E-state index contributed by atoms with van der Waals surface area (Å²) in [4.78, 5) is 22.4. The molecule has 1 aromatic carbocycles. The van der Waals surface area contributed by atoms with Gasteiger partial charge in [-0.1, -0.05) is 23.7 Å². The maximum Gasteiger partial charge on any atom is 0.243 e. The molecule has 0 bridgehead atoms. The summed E-state index contributed by atoms with van der Waals surface area (Å²) >= 11 is 5.90. The van der Waals surface area contributed by atoms with Crippen molar-refractivity contribution in [2.75, 3.05) is 10.7 Å². The number of aryl methyl sites for hydroxylation is 2. The number of carbonyl (C=O) groups is 1. The van der Waals surface area contributed by atoms with Gasteiger partial charge in [0.25, 0.3) is 0 Å². The van der Waals surface area contributed by atoms with E-state index in [1.54, 1.807) is 24.3 Å². The van der Waals surface area contributed by atoms with Crippen molar-refractivity contribution in [1.82, 2.24) is 9.97 Å². The SMILES string of the molecule is Cc1cc(C)nc(N2C(=O)CS(=O)C2c2ccc(Cl)cc2)n1. The number of rotatable bonds is 2. The van der Waals surface area contributed by atoms with Crippen LogP contribution in [0.25, 0.3) is 0 Å². The second kappa shape index (κ2) is 5.78. The number of amides is 1. The largest absolute Gasteiger partial charge is 0.273 e. The first-order valence-electron chi connectivity index (χ1n) is 6.72. The Morgan fingerprint density at radius 1 is 1.18 bits per heavy atom. The van der Waals surface area contributed by atoms with E-state index in [0.29, 0.717) is 11.0 Å². The maximum absolute atomic E-state index is 12.4. The molecule has 5 nitrogen and oxygen atoms in total. The van der Waals surface area contributed by atoms with Gasteiger partial charge in [-0.05, 0) is 37.6 Å². The van der Waals surface area contributed by atoms with Crippen molar-refractivity contribution in [3.05, 3.63) is 52.3 Å². The second-order valence-corrected chi connectivity index (χ2v) is 7.08. The maximum atomic E-state index is 12.4. The minimum absolute atomic E-state index is 0.0242. The molecule has 2 aromatic rings. The summed E-state index contributed by atoms with van der Waals surface area (Å²) in [5.41, 5.74) is 2.29. The molecule has 0 radical (unpaired) electrons. The Morgan fingerprint density at radius 2 is 1.77 bits per heavy atom.